The highest BCUT2D eigenvalue weighted by molar-refractivity contribution is 7.89. The minimum Gasteiger partial charge on any atom is -0.342 e. The molecular weight excluding hydrogens is 364 g/mol. The summed E-state index contributed by atoms with van der Waals surface area (Å²) >= 11 is 0. The van der Waals surface area contributed by atoms with E-state index in [9.17, 15) is 13.2 Å². The number of rotatable bonds is 4. The molecule has 1 unspecified atom stereocenters. The van der Waals surface area contributed by atoms with Gasteiger partial charge in [0.25, 0.3) is 0 Å². The third kappa shape index (κ3) is 2.92. The van der Waals surface area contributed by atoms with Gasteiger partial charge in [0.05, 0.1) is 5.69 Å². The Balaban J connectivity index is 1.28. The first-order valence-electron chi connectivity index (χ1n) is 10.2. The van der Waals surface area contributed by atoms with Crippen molar-refractivity contribution in [3.63, 3.8) is 0 Å². The second-order valence-corrected chi connectivity index (χ2v) is 10.8. The normalized spacial score (nSPS) is 28.0. The van der Waals surface area contributed by atoms with Crippen molar-refractivity contribution in [2.75, 3.05) is 26.2 Å². The van der Waals surface area contributed by atoms with Crippen LogP contribution in [0.25, 0.3) is 0 Å². The van der Waals surface area contributed by atoms with Crippen molar-refractivity contribution in [1.82, 2.24) is 19.0 Å². The third-order valence-corrected chi connectivity index (χ3v) is 8.94. The fourth-order valence-corrected chi connectivity index (χ4v) is 6.74. The summed E-state index contributed by atoms with van der Waals surface area (Å²) < 4.78 is 29.7. The van der Waals surface area contributed by atoms with Gasteiger partial charge in [-0.2, -0.15) is 9.40 Å². The molecule has 1 aromatic rings. The zero-order valence-electron chi connectivity index (χ0n) is 15.9. The number of likely N-dealkylation sites (tertiary alicyclic amines) is 1. The molecule has 1 aromatic heterocycles. The van der Waals surface area contributed by atoms with Gasteiger partial charge in [-0.15, -0.1) is 0 Å². The molecule has 0 bridgehead atoms. The van der Waals surface area contributed by atoms with Gasteiger partial charge in [0, 0.05) is 51.3 Å². The van der Waals surface area contributed by atoms with Crippen molar-refractivity contribution in [3.05, 3.63) is 11.9 Å². The molecule has 27 heavy (non-hydrogen) atoms. The largest absolute Gasteiger partial charge is 0.342 e. The second-order valence-electron chi connectivity index (χ2n) is 8.88. The smallest absolute Gasteiger partial charge is 0.246 e. The molecule has 7 nitrogen and oxygen atoms in total. The van der Waals surface area contributed by atoms with E-state index in [-0.39, 0.29) is 11.3 Å². The zero-order valence-corrected chi connectivity index (χ0v) is 16.7. The number of aryl methyl sites for hydroxylation is 1. The second kappa shape index (κ2) is 6.04. The van der Waals surface area contributed by atoms with Gasteiger partial charge in [-0.1, -0.05) is 0 Å². The quantitative estimate of drug-likeness (QED) is 0.782. The Morgan fingerprint density at radius 3 is 2.44 bits per heavy atom. The van der Waals surface area contributed by atoms with E-state index < -0.39 is 10.0 Å². The lowest BCUT2D eigenvalue weighted by Crippen LogP contribution is -2.41. The molecule has 1 spiro atoms. The number of sulfonamides is 1. The van der Waals surface area contributed by atoms with Crippen molar-refractivity contribution < 1.29 is 13.2 Å². The number of hydrogen-bond donors (Lipinski definition) is 0. The van der Waals surface area contributed by atoms with Gasteiger partial charge in [-0.05, 0) is 50.4 Å². The van der Waals surface area contributed by atoms with Gasteiger partial charge in [0.2, 0.25) is 15.9 Å². The molecule has 2 saturated carbocycles. The number of piperidine rings is 1. The number of carbonyl (C=O) groups is 1. The van der Waals surface area contributed by atoms with Gasteiger partial charge in [0.1, 0.15) is 4.90 Å². The highest BCUT2D eigenvalue weighted by Gasteiger charge is 2.60. The minimum absolute atomic E-state index is 0.0555. The maximum absolute atomic E-state index is 13.2. The molecule has 0 radical (unpaired) electrons. The summed E-state index contributed by atoms with van der Waals surface area (Å²) in [5.74, 6) is 0.742. The summed E-state index contributed by atoms with van der Waals surface area (Å²) in [7, 11) is -1.71. The molecule has 1 amide bonds. The molecule has 3 heterocycles. The van der Waals surface area contributed by atoms with Crippen LogP contribution in [0.4, 0.5) is 0 Å². The van der Waals surface area contributed by atoms with Crippen LogP contribution >= 0.6 is 0 Å². The highest BCUT2D eigenvalue weighted by atomic mass is 32.2. The molecule has 0 N–H and O–H groups in total. The van der Waals surface area contributed by atoms with Gasteiger partial charge in [0.15, 0.2) is 0 Å². The number of hydrogen-bond acceptors (Lipinski definition) is 4. The summed E-state index contributed by atoms with van der Waals surface area (Å²) in [5, 5.41) is 4.41. The predicted octanol–water partition coefficient (Wildman–Crippen LogP) is 1.71. The average Bonchev–Trinajstić information content (AvgIpc) is 3.50. The van der Waals surface area contributed by atoms with Gasteiger partial charge in [-0.3, -0.25) is 9.48 Å². The van der Waals surface area contributed by atoms with E-state index in [0.29, 0.717) is 29.8 Å². The van der Waals surface area contributed by atoms with Crippen molar-refractivity contribution in [2.45, 2.75) is 55.8 Å². The molecule has 8 heteroatoms. The Morgan fingerprint density at radius 2 is 1.81 bits per heavy atom. The highest BCUT2D eigenvalue weighted by Crippen LogP contribution is 2.60. The summed E-state index contributed by atoms with van der Waals surface area (Å²) in [4.78, 5) is 15.1. The third-order valence-electron chi connectivity index (χ3n) is 7.03. The fraction of sp³-hybridized carbons (Fsp3) is 0.789. The number of aromatic nitrogens is 2. The zero-order chi connectivity index (χ0) is 18.8. The molecule has 148 valence electrons. The van der Waals surface area contributed by atoms with E-state index in [1.807, 2.05) is 4.90 Å². The van der Waals surface area contributed by atoms with Crippen LogP contribution in [-0.2, 0) is 21.9 Å². The molecule has 2 aliphatic heterocycles. The van der Waals surface area contributed by atoms with Gasteiger partial charge < -0.3 is 4.90 Å². The Morgan fingerprint density at radius 1 is 1.15 bits per heavy atom. The van der Waals surface area contributed by atoms with E-state index in [0.717, 1.165) is 63.7 Å². The summed E-state index contributed by atoms with van der Waals surface area (Å²) in [5.41, 5.74) is 0.797. The Kier molecular flexibility index (Phi) is 3.95. The first-order valence-corrected chi connectivity index (χ1v) is 11.7. The number of amides is 1. The molecule has 5 rings (SSSR count). The Hall–Kier alpha value is -1.41. The topological polar surface area (TPSA) is 75.5 Å². The Bertz CT molecular complexity index is 860. The van der Waals surface area contributed by atoms with Gasteiger partial charge >= 0.3 is 0 Å². The van der Waals surface area contributed by atoms with Gasteiger partial charge in [-0.25, -0.2) is 8.42 Å². The van der Waals surface area contributed by atoms with Crippen molar-refractivity contribution >= 4 is 15.9 Å². The standard InChI is InChI=1S/C19H28N4O3S/c1-21-13-16(17(20-21)14-4-5-14)27(25,26)23-10-6-19(7-11-23)12-15(19)18(24)22-8-2-3-9-22/h13-15H,2-12H2,1H3. The summed E-state index contributed by atoms with van der Waals surface area (Å²) in [6.45, 7) is 2.84. The van der Waals surface area contributed by atoms with E-state index in [4.69, 9.17) is 0 Å². The summed E-state index contributed by atoms with van der Waals surface area (Å²) in [6.07, 6.45) is 8.50. The van der Waals surface area contributed by atoms with Crippen LogP contribution in [0.1, 0.15) is 56.6 Å². The molecule has 2 aliphatic carbocycles. The van der Waals surface area contributed by atoms with Crippen LogP contribution in [-0.4, -0.2) is 59.5 Å². The van der Waals surface area contributed by atoms with Crippen molar-refractivity contribution in [1.29, 1.82) is 0 Å². The van der Waals surface area contributed by atoms with E-state index in [1.54, 1.807) is 22.2 Å². The molecule has 0 aromatic carbocycles. The lowest BCUT2D eigenvalue weighted by Gasteiger charge is -2.32. The van der Waals surface area contributed by atoms with Crippen LogP contribution in [0.5, 0.6) is 0 Å². The number of carbonyl (C=O) groups excluding carboxylic acids is 1. The summed E-state index contributed by atoms with van der Waals surface area (Å²) in [6, 6.07) is 0. The molecule has 2 saturated heterocycles. The van der Waals surface area contributed by atoms with Crippen LogP contribution in [0, 0.1) is 11.3 Å². The van der Waals surface area contributed by atoms with Crippen LogP contribution in [0.3, 0.4) is 0 Å². The predicted molar refractivity (Wildman–Crippen MR) is 99.5 cm³/mol. The molecule has 4 aliphatic rings. The first kappa shape index (κ1) is 17.7. The maximum atomic E-state index is 13.2. The fourth-order valence-electron chi connectivity index (χ4n) is 5.04. The average molecular weight is 393 g/mol. The SMILES string of the molecule is Cn1cc(S(=O)(=O)N2CCC3(CC2)CC3C(=O)N2CCCC2)c(C2CC2)n1. The van der Waals surface area contributed by atoms with E-state index in [2.05, 4.69) is 5.10 Å². The maximum Gasteiger partial charge on any atom is 0.246 e. The molecule has 1 atom stereocenters. The monoisotopic (exact) mass is 392 g/mol. The molecular formula is C19H28N4O3S. The van der Waals surface area contributed by atoms with Crippen LogP contribution in [0.15, 0.2) is 11.1 Å². The van der Waals surface area contributed by atoms with Crippen LogP contribution < -0.4 is 0 Å². The van der Waals surface area contributed by atoms with Crippen LogP contribution in [0.2, 0.25) is 0 Å². The molecule has 4 fully saturated rings. The minimum atomic E-state index is -3.50. The first-order chi connectivity index (χ1) is 12.9. The lowest BCUT2D eigenvalue weighted by molar-refractivity contribution is -0.132. The van der Waals surface area contributed by atoms with Crippen molar-refractivity contribution in [2.24, 2.45) is 18.4 Å². The van der Waals surface area contributed by atoms with E-state index >= 15 is 0 Å². The van der Waals surface area contributed by atoms with E-state index in [1.165, 1.54) is 0 Å². The van der Waals surface area contributed by atoms with Crippen molar-refractivity contribution in [3.8, 4) is 0 Å². The number of nitrogens with zero attached hydrogens (tertiary/aromatic N) is 4. The lowest BCUT2D eigenvalue weighted by atomic mass is 9.91. The Labute approximate surface area is 160 Å².